The van der Waals surface area contributed by atoms with Crippen molar-refractivity contribution >= 4 is 28.5 Å². The van der Waals surface area contributed by atoms with Crippen LogP contribution in [0.15, 0.2) is 18.2 Å². The van der Waals surface area contributed by atoms with Crippen LogP contribution in [-0.4, -0.2) is 30.7 Å². The number of nitrogens with one attached hydrogen (secondary N) is 1. The zero-order chi connectivity index (χ0) is 14.3. The minimum atomic E-state index is -0.0517. The lowest BCUT2D eigenvalue weighted by Gasteiger charge is -2.52. The lowest BCUT2D eigenvalue weighted by atomic mass is 9.68. The van der Waals surface area contributed by atoms with Crippen molar-refractivity contribution in [1.82, 2.24) is 5.32 Å². The van der Waals surface area contributed by atoms with Gasteiger partial charge in [0.05, 0.1) is 17.7 Å². The number of aryl methyl sites for hydroxylation is 1. The van der Waals surface area contributed by atoms with E-state index in [1.54, 1.807) is 0 Å². The number of carbonyl (C=O) groups is 1. The number of fused-ring (bicyclic) bond motifs is 1. The van der Waals surface area contributed by atoms with E-state index in [9.17, 15) is 4.79 Å². The average Bonchev–Trinajstić information content (AvgIpc) is 2.47. The van der Waals surface area contributed by atoms with E-state index in [0.717, 1.165) is 34.1 Å². The summed E-state index contributed by atoms with van der Waals surface area (Å²) in [5.41, 5.74) is 8.01. The number of rotatable bonds is 2. The van der Waals surface area contributed by atoms with Crippen LogP contribution in [0.25, 0.3) is 0 Å². The van der Waals surface area contributed by atoms with Gasteiger partial charge in [0, 0.05) is 22.1 Å². The highest BCUT2D eigenvalue weighted by Crippen LogP contribution is 2.37. The second-order valence-corrected chi connectivity index (χ2v) is 6.73. The Morgan fingerprint density at radius 2 is 2.30 bits per heavy atom. The highest BCUT2D eigenvalue weighted by molar-refractivity contribution is 14.1. The lowest BCUT2D eigenvalue weighted by molar-refractivity contribution is -0.117. The Hall–Kier alpha value is -0.660. The van der Waals surface area contributed by atoms with E-state index in [2.05, 4.69) is 27.9 Å². The molecule has 108 valence electrons. The molecule has 2 aliphatic rings. The van der Waals surface area contributed by atoms with Gasteiger partial charge in [-0.1, -0.05) is 12.1 Å². The van der Waals surface area contributed by atoms with Crippen molar-refractivity contribution in [2.45, 2.75) is 38.0 Å². The molecule has 1 saturated carbocycles. The second-order valence-electron chi connectivity index (χ2n) is 5.65. The first-order valence-corrected chi connectivity index (χ1v) is 8.10. The molecule has 0 bridgehead atoms. The molecule has 1 heterocycles. The molecule has 1 aliphatic carbocycles. The number of nitrogens with two attached hydrogens (primary N) is 1. The zero-order valence-corrected chi connectivity index (χ0v) is 13.6. The molecule has 4 atom stereocenters. The van der Waals surface area contributed by atoms with Gasteiger partial charge in [0.2, 0.25) is 0 Å². The molecule has 4 nitrogen and oxygen atoms in total. The van der Waals surface area contributed by atoms with Crippen molar-refractivity contribution in [2.24, 2.45) is 11.7 Å². The predicted molar refractivity (Wildman–Crippen MR) is 85.6 cm³/mol. The summed E-state index contributed by atoms with van der Waals surface area (Å²) >= 11 is 2.22. The van der Waals surface area contributed by atoms with Crippen LogP contribution in [0.2, 0.25) is 0 Å². The van der Waals surface area contributed by atoms with Crippen LogP contribution in [0, 0.1) is 16.4 Å². The zero-order valence-electron chi connectivity index (χ0n) is 11.4. The summed E-state index contributed by atoms with van der Waals surface area (Å²) in [6, 6.07) is 5.74. The Balaban J connectivity index is 1.72. The maximum absolute atomic E-state index is 12.4. The predicted octanol–water partition coefficient (Wildman–Crippen LogP) is 1.83. The number of hydrogen-bond donors (Lipinski definition) is 2. The lowest BCUT2D eigenvalue weighted by Crippen LogP contribution is -2.72. The highest BCUT2D eigenvalue weighted by Gasteiger charge is 2.51. The third kappa shape index (κ3) is 2.35. The molecule has 5 heteroatoms. The molecule has 1 saturated heterocycles. The number of halogens is 1. The molecule has 1 amide bonds. The number of amides is 1. The topological polar surface area (TPSA) is 64.4 Å². The summed E-state index contributed by atoms with van der Waals surface area (Å²) in [4.78, 5) is 12.4. The van der Waals surface area contributed by atoms with Crippen LogP contribution >= 0.6 is 22.6 Å². The van der Waals surface area contributed by atoms with Gasteiger partial charge in [0.1, 0.15) is 0 Å². The number of ether oxygens (including phenoxy) is 1. The Bertz CT molecular complexity index is 535. The fourth-order valence-corrected chi connectivity index (χ4v) is 3.78. The van der Waals surface area contributed by atoms with Crippen molar-refractivity contribution < 1.29 is 9.53 Å². The summed E-state index contributed by atoms with van der Waals surface area (Å²) in [5, 5.41) is 3.06. The SMILES string of the molecule is Cc1cccc(C(=O)NC2C(N)C3CCCOC32)c1I. The smallest absolute Gasteiger partial charge is 0.252 e. The van der Waals surface area contributed by atoms with Gasteiger partial charge in [-0.25, -0.2) is 0 Å². The van der Waals surface area contributed by atoms with Gasteiger partial charge in [-0.05, 0) is 54.0 Å². The van der Waals surface area contributed by atoms with Crippen molar-refractivity contribution in [1.29, 1.82) is 0 Å². The Kier molecular flexibility index (Phi) is 4.01. The van der Waals surface area contributed by atoms with E-state index in [1.165, 1.54) is 0 Å². The minimum Gasteiger partial charge on any atom is -0.376 e. The van der Waals surface area contributed by atoms with Crippen LogP contribution in [0.1, 0.15) is 28.8 Å². The summed E-state index contributed by atoms with van der Waals surface area (Å²) in [7, 11) is 0. The Morgan fingerprint density at radius 3 is 3.10 bits per heavy atom. The standard InChI is InChI=1S/C15H19IN2O2/c1-8-4-2-5-9(11(8)16)15(19)18-13-12(17)10-6-3-7-20-14(10)13/h2,4-5,10,12-14H,3,6-7,17H2,1H3,(H,18,19). The summed E-state index contributed by atoms with van der Waals surface area (Å²) in [6.07, 6.45) is 2.29. The molecule has 0 radical (unpaired) electrons. The Labute approximate surface area is 132 Å². The first-order valence-electron chi connectivity index (χ1n) is 7.03. The van der Waals surface area contributed by atoms with Crippen LogP contribution < -0.4 is 11.1 Å². The van der Waals surface area contributed by atoms with Crippen LogP contribution in [0.5, 0.6) is 0 Å². The maximum atomic E-state index is 12.4. The molecule has 1 aliphatic heterocycles. The first-order chi connectivity index (χ1) is 9.59. The number of carbonyl (C=O) groups excluding carboxylic acids is 1. The van der Waals surface area contributed by atoms with Gasteiger partial charge >= 0.3 is 0 Å². The van der Waals surface area contributed by atoms with Gasteiger partial charge in [0.25, 0.3) is 5.91 Å². The fraction of sp³-hybridized carbons (Fsp3) is 0.533. The highest BCUT2D eigenvalue weighted by atomic mass is 127. The molecule has 4 unspecified atom stereocenters. The van der Waals surface area contributed by atoms with Crippen LogP contribution in [0.4, 0.5) is 0 Å². The third-order valence-corrected chi connectivity index (χ3v) is 5.84. The molecule has 20 heavy (non-hydrogen) atoms. The number of hydrogen-bond acceptors (Lipinski definition) is 3. The summed E-state index contributed by atoms with van der Waals surface area (Å²) in [6.45, 7) is 2.79. The van der Waals surface area contributed by atoms with Gasteiger partial charge in [-0.15, -0.1) is 0 Å². The quantitative estimate of drug-likeness (QED) is 0.763. The van der Waals surface area contributed by atoms with E-state index in [0.29, 0.717) is 5.92 Å². The van der Waals surface area contributed by atoms with E-state index >= 15 is 0 Å². The molecule has 3 N–H and O–H groups in total. The molecule has 1 aromatic carbocycles. The van der Waals surface area contributed by atoms with E-state index in [1.807, 2.05) is 25.1 Å². The van der Waals surface area contributed by atoms with Crippen molar-refractivity contribution in [2.75, 3.05) is 6.61 Å². The van der Waals surface area contributed by atoms with Gasteiger partial charge < -0.3 is 15.8 Å². The largest absolute Gasteiger partial charge is 0.376 e. The normalized spacial score (nSPS) is 32.1. The number of benzene rings is 1. The average molecular weight is 386 g/mol. The summed E-state index contributed by atoms with van der Waals surface area (Å²) in [5.74, 6) is 0.358. The molecule has 0 aromatic heterocycles. The molecule has 1 aromatic rings. The van der Waals surface area contributed by atoms with Crippen molar-refractivity contribution in [3.8, 4) is 0 Å². The first kappa shape index (κ1) is 14.3. The van der Waals surface area contributed by atoms with Gasteiger partial charge in [0.15, 0.2) is 0 Å². The second kappa shape index (κ2) is 5.61. The van der Waals surface area contributed by atoms with E-state index < -0.39 is 0 Å². The molecule has 0 spiro atoms. The van der Waals surface area contributed by atoms with Crippen LogP contribution in [0.3, 0.4) is 0 Å². The summed E-state index contributed by atoms with van der Waals surface area (Å²) < 4.78 is 6.75. The molecule has 2 fully saturated rings. The molecule has 3 rings (SSSR count). The Morgan fingerprint density at radius 1 is 1.50 bits per heavy atom. The maximum Gasteiger partial charge on any atom is 0.252 e. The van der Waals surface area contributed by atoms with Crippen molar-refractivity contribution in [3.63, 3.8) is 0 Å². The minimum absolute atomic E-state index is 0.0201. The van der Waals surface area contributed by atoms with Crippen molar-refractivity contribution in [3.05, 3.63) is 32.9 Å². The molecular formula is C15H19IN2O2. The molecular weight excluding hydrogens is 367 g/mol. The van der Waals surface area contributed by atoms with Crippen LogP contribution in [-0.2, 0) is 4.74 Å². The fourth-order valence-electron chi connectivity index (χ4n) is 3.18. The monoisotopic (exact) mass is 386 g/mol. The van der Waals surface area contributed by atoms with Gasteiger partial charge in [-0.3, -0.25) is 4.79 Å². The van der Waals surface area contributed by atoms with Gasteiger partial charge in [-0.2, -0.15) is 0 Å². The van der Waals surface area contributed by atoms with E-state index in [-0.39, 0.29) is 24.1 Å². The third-order valence-electron chi connectivity index (χ3n) is 4.41. The van der Waals surface area contributed by atoms with E-state index in [4.69, 9.17) is 10.5 Å².